The molecule has 28 heavy (non-hydrogen) atoms. The minimum absolute atomic E-state index is 0.0958. The van der Waals surface area contributed by atoms with Gasteiger partial charge in [0.1, 0.15) is 5.75 Å². The van der Waals surface area contributed by atoms with Crippen molar-refractivity contribution in [3.8, 4) is 16.9 Å². The highest BCUT2D eigenvalue weighted by Crippen LogP contribution is 2.45. The van der Waals surface area contributed by atoms with Crippen LogP contribution in [0.1, 0.15) is 17.2 Å². The van der Waals surface area contributed by atoms with E-state index in [9.17, 15) is 0 Å². The van der Waals surface area contributed by atoms with E-state index in [1.54, 1.807) is 0 Å². The number of hydrogen-bond donors (Lipinski definition) is 0. The fourth-order valence-electron chi connectivity index (χ4n) is 4.28. The maximum Gasteiger partial charge on any atom is 0.150 e. The highest BCUT2D eigenvalue weighted by molar-refractivity contribution is 5.98. The van der Waals surface area contributed by atoms with Crippen LogP contribution in [0, 0.1) is 6.07 Å². The fraction of sp³-hybridized carbons (Fsp3) is 0.0370. The lowest BCUT2D eigenvalue weighted by Gasteiger charge is -2.17. The molecule has 0 aliphatic heterocycles. The zero-order valence-corrected chi connectivity index (χ0v) is 15.2. The number of rotatable bonds is 2. The summed E-state index contributed by atoms with van der Waals surface area (Å²) in [5.74, 6) is 0.777. The molecule has 0 aromatic heterocycles. The summed E-state index contributed by atoms with van der Waals surface area (Å²) in [5.41, 5.74) is 4.95. The summed E-state index contributed by atoms with van der Waals surface area (Å²) in [6.45, 7) is 0. The summed E-state index contributed by atoms with van der Waals surface area (Å²) in [6, 6.07) is 37.5. The molecule has 0 N–H and O–H groups in total. The number of hydrogen-bond acceptors (Lipinski definition) is 1. The summed E-state index contributed by atoms with van der Waals surface area (Å²) in [6.07, 6.45) is -0.0958. The van der Waals surface area contributed by atoms with E-state index in [2.05, 4.69) is 97.1 Å². The molecule has 0 unspecified atom stereocenters. The SMILES string of the molecule is [c]1c(OC2c3ccccc3-c3ccccc32)ccc2cc3ccccc3cc12. The van der Waals surface area contributed by atoms with Gasteiger partial charge in [0.15, 0.2) is 6.10 Å². The Hall–Kier alpha value is -3.58. The Morgan fingerprint density at radius 2 is 1.18 bits per heavy atom. The Labute approximate surface area is 163 Å². The molecule has 0 bridgehead atoms. The molecule has 5 aromatic carbocycles. The zero-order valence-electron chi connectivity index (χ0n) is 15.2. The first-order valence-electron chi connectivity index (χ1n) is 9.56. The van der Waals surface area contributed by atoms with Crippen molar-refractivity contribution < 1.29 is 4.74 Å². The van der Waals surface area contributed by atoms with Gasteiger partial charge in [0.2, 0.25) is 0 Å². The summed E-state index contributed by atoms with van der Waals surface area (Å²) < 4.78 is 6.49. The van der Waals surface area contributed by atoms with Crippen molar-refractivity contribution >= 4 is 21.5 Å². The third-order valence-corrected chi connectivity index (χ3v) is 5.61. The van der Waals surface area contributed by atoms with Gasteiger partial charge in [0.05, 0.1) is 0 Å². The quantitative estimate of drug-likeness (QED) is 0.311. The lowest BCUT2D eigenvalue weighted by molar-refractivity contribution is 0.252. The average Bonchev–Trinajstić information content (AvgIpc) is 3.06. The second kappa shape index (κ2) is 5.97. The molecule has 1 aliphatic rings. The normalized spacial score (nSPS) is 12.9. The summed E-state index contributed by atoms with van der Waals surface area (Å²) >= 11 is 0. The minimum atomic E-state index is -0.0958. The predicted molar refractivity (Wildman–Crippen MR) is 115 cm³/mol. The smallest absolute Gasteiger partial charge is 0.150 e. The molecule has 1 nitrogen and oxygen atoms in total. The summed E-state index contributed by atoms with van der Waals surface area (Å²) in [5, 5.41) is 4.73. The molecular formula is C27H17O. The first kappa shape index (κ1) is 15.5. The van der Waals surface area contributed by atoms with Crippen molar-refractivity contribution in [1.29, 1.82) is 0 Å². The van der Waals surface area contributed by atoms with Crippen molar-refractivity contribution in [2.45, 2.75) is 6.10 Å². The van der Waals surface area contributed by atoms with Crippen LogP contribution in [0.15, 0.2) is 97.1 Å². The first-order chi connectivity index (χ1) is 13.9. The molecule has 1 radical (unpaired) electrons. The second-order valence-electron chi connectivity index (χ2n) is 7.28. The minimum Gasteiger partial charge on any atom is -0.480 e. The molecule has 131 valence electrons. The van der Waals surface area contributed by atoms with Gasteiger partial charge in [0, 0.05) is 17.2 Å². The van der Waals surface area contributed by atoms with E-state index in [4.69, 9.17) is 4.74 Å². The van der Waals surface area contributed by atoms with Crippen LogP contribution in [0.25, 0.3) is 32.7 Å². The predicted octanol–water partition coefficient (Wildman–Crippen LogP) is 6.94. The van der Waals surface area contributed by atoms with E-state index in [-0.39, 0.29) is 6.10 Å². The van der Waals surface area contributed by atoms with Gasteiger partial charge in [-0.25, -0.2) is 0 Å². The van der Waals surface area contributed by atoms with Crippen LogP contribution in [0.3, 0.4) is 0 Å². The Balaban J connectivity index is 1.45. The van der Waals surface area contributed by atoms with Crippen LogP contribution in [-0.2, 0) is 0 Å². The molecule has 1 heteroatoms. The van der Waals surface area contributed by atoms with Gasteiger partial charge >= 0.3 is 0 Å². The van der Waals surface area contributed by atoms with Gasteiger partial charge in [-0.15, -0.1) is 0 Å². The van der Waals surface area contributed by atoms with Gasteiger partial charge in [-0.1, -0.05) is 78.9 Å². The molecule has 0 saturated heterocycles. The van der Waals surface area contributed by atoms with Crippen LogP contribution >= 0.6 is 0 Å². The third kappa shape index (κ3) is 2.33. The molecule has 0 atom stereocenters. The molecular weight excluding hydrogens is 340 g/mol. The number of ether oxygens (including phenoxy) is 1. The molecule has 1 aliphatic carbocycles. The van der Waals surface area contributed by atoms with Crippen molar-refractivity contribution in [3.05, 3.63) is 114 Å². The number of fused-ring (bicyclic) bond motifs is 5. The van der Waals surface area contributed by atoms with Crippen LogP contribution in [0.2, 0.25) is 0 Å². The Bertz CT molecular complexity index is 1300. The fourth-order valence-corrected chi connectivity index (χ4v) is 4.28. The molecule has 0 heterocycles. The van der Waals surface area contributed by atoms with Gasteiger partial charge < -0.3 is 4.74 Å². The van der Waals surface area contributed by atoms with Crippen LogP contribution in [0.4, 0.5) is 0 Å². The molecule has 0 spiro atoms. The molecule has 0 saturated carbocycles. The van der Waals surface area contributed by atoms with Gasteiger partial charge in [-0.05, 0) is 50.9 Å². The molecule has 6 rings (SSSR count). The summed E-state index contributed by atoms with van der Waals surface area (Å²) in [4.78, 5) is 0. The largest absolute Gasteiger partial charge is 0.480 e. The summed E-state index contributed by atoms with van der Waals surface area (Å²) in [7, 11) is 0. The monoisotopic (exact) mass is 357 g/mol. The average molecular weight is 357 g/mol. The van der Waals surface area contributed by atoms with E-state index in [1.165, 1.54) is 38.4 Å². The third-order valence-electron chi connectivity index (χ3n) is 5.61. The molecule has 5 aromatic rings. The van der Waals surface area contributed by atoms with Crippen molar-refractivity contribution in [2.75, 3.05) is 0 Å². The van der Waals surface area contributed by atoms with Gasteiger partial charge in [-0.2, -0.15) is 0 Å². The highest BCUT2D eigenvalue weighted by atomic mass is 16.5. The van der Waals surface area contributed by atoms with E-state index in [0.29, 0.717) is 0 Å². The lowest BCUT2D eigenvalue weighted by Crippen LogP contribution is -2.06. The Morgan fingerprint density at radius 3 is 1.89 bits per heavy atom. The zero-order chi connectivity index (χ0) is 18.5. The van der Waals surface area contributed by atoms with E-state index in [0.717, 1.165) is 11.1 Å². The first-order valence-corrected chi connectivity index (χ1v) is 9.56. The Kier molecular flexibility index (Phi) is 3.30. The maximum atomic E-state index is 6.49. The van der Waals surface area contributed by atoms with Crippen LogP contribution < -0.4 is 4.74 Å². The Morgan fingerprint density at radius 1 is 0.571 bits per heavy atom. The topological polar surface area (TPSA) is 9.23 Å². The van der Waals surface area contributed by atoms with E-state index >= 15 is 0 Å². The van der Waals surface area contributed by atoms with E-state index in [1.807, 2.05) is 6.07 Å². The van der Waals surface area contributed by atoms with Crippen molar-refractivity contribution in [3.63, 3.8) is 0 Å². The lowest BCUT2D eigenvalue weighted by atomic mass is 10.0. The highest BCUT2D eigenvalue weighted by Gasteiger charge is 2.29. The maximum absolute atomic E-state index is 6.49. The van der Waals surface area contributed by atoms with Crippen molar-refractivity contribution in [1.82, 2.24) is 0 Å². The van der Waals surface area contributed by atoms with Gasteiger partial charge in [-0.3, -0.25) is 0 Å². The molecule has 0 fully saturated rings. The van der Waals surface area contributed by atoms with Crippen LogP contribution in [-0.4, -0.2) is 0 Å². The standard InChI is InChI=1S/C27H17O/c1-2-8-19-16-21-17-22(14-13-20(21)15-18(19)7-1)28-27-25-11-5-3-9-23(25)24-10-4-6-12-26(24)27/h1-16,27H. The molecule has 0 amide bonds. The van der Waals surface area contributed by atoms with E-state index < -0.39 is 0 Å². The van der Waals surface area contributed by atoms with Crippen LogP contribution in [0.5, 0.6) is 5.75 Å². The second-order valence-corrected chi connectivity index (χ2v) is 7.28. The van der Waals surface area contributed by atoms with Gasteiger partial charge in [0.25, 0.3) is 0 Å². The van der Waals surface area contributed by atoms with Crippen molar-refractivity contribution in [2.24, 2.45) is 0 Å². The number of benzene rings is 5.